The number of amides is 1. The molecule has 3 nitrogen and oxygen atoms in total. The van der Waals surface area contributed by atoms with Gasteiger partial charge in [-0.15, -0.1) is 0 Å². The van der Waals surface area contributed by atoms with Gasteiger partial charge < -0.3 is 11.1 Å². The van der Waals surface area contributed by atoms with E-state index in [1.54, 1.807) is 0 Å². The van der Waals surface area contributed by atoms with E-state index in [2.05, 4.69) is 19.2 Å². The quantitative estimate of drug-likeness (QED) is 0.608. The largest absolute Gasteiger partial charge is 0.355 e. The standard InChI is InChI=1S/C12H26N2O/c1-4-6-7-8-9-14-12(15)11(13)10(3)5-2/h10-11H,4-9,13H2,1-3H3,(H,14,15)/t10-,11-/m0/s1. The molecule has 0 aliphatic heterocycles. The molecule has 0 saturated heterocycles. The second-order valence-electron chi connectivity index (χ2n) is 4.26. The van der Waals surface area contributed by atoms with E-state index in [0.29, 0.717) is 0 Å². The summed E-state index contributed by atoms with van der Waals surface area (Å²) in [4.78, 5) is 11.5. The van der Waals surface area contributed by atoms with Crippen LogP contribution < -0.4 is 11.1 Å². The molecule has 0 radical (unpaired) electrons. The molecule has 15 heavy (non-hydrogen) atoms. The van der Waals surface area contributed by atoms with Crippen LogP contribution in [0.15, 0.2) is 0 Å². The highest BCUT2D eigenvalue weighted by molar-refractivity contribution is 5.81. The van der Waals surface area contributed by atoms with Gasteiger partial charge in [-0.3, -0.25) is 4.79 Å². The van der Waals surface area contributed by atoms with Crippen LogP contribution in [0.4, 0.5) is 0 Å². The molecule has 90 valence electrons. The second-order valence-corrected chi connectivity index (χ2v) is 4.26. The Morgan fingerprint density at radius 2 is 1.93 bits per heavy atom. The number of unbranched alkanes of at least 4 members (excludes halogenated alkanes) is 3. The van der Waals surface area contributed by atoms with Gasteiger partial charge in [0.1, 0.15) is 0 Å². The molecule has 3 N–H and O–H groups in total. The van der Waals surface area contributed by atoms with E-state index in [0.717, 1.165) is 19.4 Å². The highest BCUT2D eigenvalue weighted by Crippen LogP contribution is 2.05. The summed E-state index contributed by atoms with van der Waals surface area (Å²) >= 11 is 0. The first kappa shape index (κ1) is 14.4. The highest BCUT2D eigenvalue weighted by atomic mass is 16.2. The van der Waals surface area contributed by atoms with E-state index >= 15 is 0 Å². The molecule has 0 heterocycles. The molecule has 0 aliphatic rings. The zero-order valence-corrected chi connectivity index (χ0v) is 10.4. The zero-order valence-electron chi connectivity index (χ0n) is 10.4. The Morgan fingerprint density at radius 1 is 1.27 bits per heavy atom. The van der Waals surface area contributed by atoms with Gasteiger partial charge in [-0.2, -0.15) is 0 Å². The Balaban J connectivity index is 3.56. The lowest BCUT2D eigenvalue weighted by atomic mass is 9.99. The van der Waals surface area contributed by atoms with Gasteiger partial charge >= 0.3 is 0 Å². The maximum atomic E-state index is 11.5. The SMILES string of the molecule is CCCCCCNC(=O)[C@@H](N)[C@@H](C)CC. The van der Waals surface area contributed by atoms with E-state index < -0.39 is 0 Å². The Morgan fingerprint density at radius 3 is 2.47 bits per heavy atom. The van der Waals surface area contributed by atoms with Crippen LogP contribution in [-0.2, 0) is 4.79 Å². The summed E-state index contributed by atoms with van der Waals surface area (Å²) in [5.41, 5.74) is 5.80. The molecule has 0 rings (SSSR count). The summed E-state index contributed by atoms with van der Waals surface area (Å²) in [6, 6.07) is -0.346. The van der Waals surface area contributed by atoms with Crippen LogP contribution in [0.25, 0.3) is 0 Å². The molecule has 0 aromatic heterocycles. The molecule has 3 heteroatoms. The summed E-state index contributed by atoms with van der Waals surface area (Å²) < 4.78 is 0. The minimum absolute atomic E-state index is 0.000786. The van der Waals surface area contributed by atoms with E-state index in [4.69, 9.17) is 5.73 Å². The van der Waals surface area contributed by atoms with Crippen molar-refractivity contribution >= 4 is 5.91 Å². The van der Waals surface area contributed by atoms with E-state index in [9.17, 15) is 4.79 Å². The molecular weight excluding hydrogens is 188 g/mol. The number of carbonyl (C=O) groups is 1. The third-order valence-electron chi connectivity index (χ3n) is 2.89. The first-order valence-corrected chi connectivity index (χ1v) is 6.16. The van der Waals surface area contributed by atoms with Gasteiger partial charge in [0.15, 0.2) is 0 Å². The van der Waals surface area contributed by atoms with Gasteiger partial charge in [0, 0.05) is 6.54 Å². The van der Waals surface area contributed by atoms with Crippen molar-refractivity contribution in [2.45, 2.75) is 58.9 Å². The molecule has 0 saturated carbocycles. The van der Waals surface area contributed by atoms with Gasteiger partial charge in [0.25, 0.3) is 0 Å². The first-order valence-electron chi connectivity index (χ1n) is 6.16. The van der Waals surface area contributed by atoms with Crippen LogP contribution in [0.1, 0.15) is 52.9 Å². The van der Waals surface area contributed by atoms with Crippen molar-refractivity contribution < 1.29 is 4.79 Å². The predicted octanol–water partition coefficient (Wildman–Crippen LogP) is 2.06. The predicted molar refractivity (Wildman–Crippen MR) is 64.6 cm³/mol. The van der Waals surface area contributed by atoms with E-state index in [1.165, 1.54) is 19.3 Å². The van der Waals surface area contributed by atoms with Gasteiger partial charge in [-0.1, -0.05) is 46.5 Å². The minimum atomic E-state index is -0.346. The lowest BCUT2D eigenvalue weighted by Gasteiger charge is -2.17. The van der Waals surface area contributed by atoms with Gasteiger partial charge in [0.2, 0.25) is 5.91 Å². The average molecular weight is 214 g/mol. The maximum absolute atomic E-state index is 11.5. The lowest BCUT2D eigenvalue weighted by Crippen LogP contribution is -2.44. The molecular formula is C12H26N2O. The topological polar surface area (TPSA) is 55.1 Å². The van der Waals surface area contributed by atoms with Crippen molar-refractivity contribution in [3.05, 3.63) is 0 Å². The molecule has 0 unspecified atom stereocenters. The van der Waals surface area contributed by atoms with Crippen molar-refractivity contribution in [1.29, 1.82) is 0 Å². The monoisotopic (exact) mass is 214 g/mol. The normalized spacial score (nSPS) is 14.7. The number of rotatable bonds is 8. The Hall–Kier alpha value is -0.570. The fourth-order valence-corrected chi connectivity index (χ4v) is 1.39. The number of hydrogen-bond acceptors (Lipinski definition) is 2. The fraction of sp³-hybridized carbons (Fsp3) is 0.917. The second kappa shape index (κ2) is 8.72. The molecule has 0 aliphatic carbocycles. The zero-order chi connectivity index (χ0) is 11.7. The van der Waals surface area contributed by atoms with Crippen molar-refractivity contribution in [2.75, 3.05) is 6.54 Å². The van der Waals surface area contributed by atoms with Crippen molar-refractivity contribution in [1.82, 2.24) is 5.32 Å². The number of nitrogens with two attached hydrogens (primary N) is 1. The molecule has 0 aromatic carbocycles. The number of nitrogens with one attached hydrogen (secondary N) is 1. The molecule has 0 aromatic rings. The summed E-state index contributed by atoms with van der Waals surface area (Å²) in [5.74, 6) is 0.265. The highest BCUT2D eigenvalue weighted by Gasteiger charge is 2.18. The number of hydrogen-bond donors (Lipinski definition) is 2. The first-order chi connectivity index (χ1) is 7.13. The van der Waals surface area contributed by atoms with Crippen LogP contribution in [-0.4, -0.2) is 18.5 Å². The van der Waals surface area contributed by atoms with Crippen LogP contribution >= 0.6 is 0 Å². The third-order valence-corrected chi connectivity index (χ3v) is 2.89. The van der Waals surface area contributed by atoms with Crippen molar-refractivity contribution in [3.63, 3.8) is 0 Å². The third kappa shape index (κ3) is 6.50. The van der Waals surface area contributed by atoms with E-state index in [1.807, 2.05) is 6.92 Å². The van der Waals surface area contributed by atoms with Crippen LogP contribution in [0, 0.1) is 5.92 Å². The number of carbonyl (C=O) groups excluding carboxylic acids is 1. The van der Waals surface area contributed by atoms with Gasteiger partial charge in [-0.25, -0.2) is 0 Å². The van der Waals surface area contributed by atoms with Crippen LogP contribution in [0.5, 0.6) is 0 Å². The van der Waals surface area contributed by atoms with Crippen molar-refractivity contribution in [3.8, 4) is 0 Å². The van der Waals surface area contributed by atoms with Crippen LogP contribution in [0.2, 0.25) is 0 Å². The van der Waals surface area contributed by atoms with E-state index in [-0.39, 0.29) is 17.9 Å². The fourth-order valence-electron chi connectivity index (χ4n) is 1.39. The summed E-state index contributed by atoms with van der Waals surface area (Å²) in [6.07, 6.45) is 5.67. The molecule has 1 amide bonds. The maximum Gasteiger partial charge on any atom is 0.237 e. The van der Waals surface area contributed by atoms with Gasteiger partial charge in [0.05, 0.1) is 6.04 Å². The Labute approximate surface area is 93.8 Å². The Kier molecular flexibility index (Phi) is 8.38. The average Bonchev–Trinajstić information content (AvgIpc) is 2.26. The summed E-state index contributed by atoms with van der Waals surface area (Å²) in [7, 11) is 0. The summed E-state index contributed by atoms with van der Waals surface area (Å²) in [5, 5.41) is 2.89. The smallest absolute Gasteiger partial charge is 0.237 e. The summed E-state index contributed by atoms with van der Waals surface area (Å²) in [6.45, 7) is 7.01. The molecule has 2 atom stereocenters. The lowest BCUT2D eigenvalue weighted by molar-refractivity contribution is -0.123. The van der Waals surface area contributed by atoms with Crippen LogP contribution in [0.3, 0.4) is 0 Å². The van der Waals surface area contributed by atoms with Crippen molar-refractivity contribution in [2.24, 2.45) is 11.7 Å². The van der Waals surface area contributed by atoms with Gasteiger partial charge in [-0.05, 0) is 12.3 Å². The Bertz CT molecular complexity index is 171. The molecule has 0 bridgehead atoms. The minimum Gasteiger partial charge on any atom is -0.355 e. The molecule has 0 fully saturated rings. The molecule has 0 spiro atoms.